The number of rotatable bonds is 7. The number of hydrogen-bond donors (Lipinski definition) is 1. The molecule has 34 heavy (non-hydrogen) atoms. The Bertz CT molecular complexity index is 1240. The Morgan fingerprint density at radius 2 is 1.82 bits per heavy atom. The Balaban J connectivity index is 1.20. The summed E-state index contributed by atoms with van der Waals surface area (Å²) in [6.07, 6.45) is 7.48. The number of fused-ring (bicyclic) bond motifs is 1. The Hall–Kier alpha value is -3.40. The van der Waals surface area contributed by atoms with Gasteiger partial charge in [0.1, 0.15) is 0 Å². The molecule has 1 N–H and O–H groups in total. The first-order valence-electron chi connectivity index (χ1n) is 12.5. The standard InChI is InChI=1S/C30H33N3O/c1-22-13-14-27-26(20-22)25(30(32-27)28-11-5-6-17-31-28)10-7-12-29(34)33-18-15-24(16-19-33)21-23-8-3-2-4-9-23/h2-6,8-9,11,13-14,17,20,24,32H,7,10,12,15-16,18-19,21H2,1H3. The normalized spacial score (nSPS) is 14.6. The summed E-state index contributed by atoms with van der Waals surface area (Å²) in [4.78, 5) is 23.2. The molecule has 4 nitrogen and oxygen atoms in total. The van der Waals surface area contributed by atoms with Crippen LogP contribution in [0.5, 0.6) is 0 Å². The van der Waals surface area contributed by atoms with Crippen molar-refractivity contribution >= 4 is 16.8 Å². The van der Waals surface area contributed by atoms with Gasteiger partial charge in [-0.3, -0.25) is 9.78 Å². The number of carbonyl (C=O) groups is 1. The molecule has 0 atom stereocenters. The van der Waals surface area contributed by atoms with E-state index in [-0.39, 0.29) is 0 Å². The average Bonchev–Trinajstić information content (AvgIpc) is 3.23. The fourth-order valence-corrected chi connectivity index (χ4v) is 5.26. The minimum atomic E-state index is 0.300. The molecule has 1 fully saturated rings. The van der Waals surface area contributed by atoms with Gasteiger partial charge in [0.05, 0.1) is 11.4 Å². The lowest BCUT2D eigenvalue weighted by Crippen LogP contribution is -2.38. The zero-order valence-electron chi connectivity index (χ0n) is 20.0. The minimum Gasteiger partial charge on any atom is -0.353 e. The fourth-order valence-electron chi connectivity index (χ4n) is 5.26. The van der Waals surface area contributed by atoms with Crippen molar-refractivity contribution in [1.82, 2.24) is 14.9 Å². The number of aryl methyl sites for hydroxylation is 2. The van der Waals surface area contributed by atoms with Gasteiger partial charge in [-0.15, -0.1) is 0 Å². The fraction of sp³-hybridized carbons (Fsp3) is 0.333. The molecule has 3 heterocycles. The van der Waals surface area contributed by atoms with E-state index in [0.29, 0.717) is 18.2 Å². The highest BCUT2D eigenvalue weighted by Crippen LogP contribution is 2.31. The molecule has 0 aliphatic carbocycles. The van der Waals surface area contributed by atoms with Gasteiger partial charge in [0.15, 0.2) is 0 Å². The van der Waals surface area contributed by atoms with Gasteiger partial charge in [0.2, 0.25) is 5.91 Å². The molecule has 0 unspecified atom stereocenters. The van der Waals surface area contributed by atoms with Crippen LogP contribution >= 0.6 is 0 Å². The maximum Gasteiger partial charge on any atom is 0.222 e. The third-order valence-corrected chi connectivity index (χ3v) is 7.13. The molecule has 4 aromatic rings. The largest absolute Gasteiger partial charge is 0.353 e. The lowest BCUT2D eigenvalue weighted by Gasteiger charge is -2.32. The van der Waals surface area contributed by atoms with Crippen LogP contribution < -0.4 is 0 Å². The van der Waals surface area contributed by atoms with Gasteiger partial charge >= 0.3 is 0 Å². The van der Waals surface area contributed by atoms with Crippen LogP contribution in [0.3, 0.4) is 0 Å². The first-order valence-corrected chi connectivity index (χ1v) is 12.5. The van der Waals surface area contributed by atoms with Gasteiger partial charge in [-0.25, -0.2) is 0 Å². The van der Waals surface area contributed by atoms with Crippen molar-refractivity contribution in [2.45, 2.75) is 45.4 Å². The highest BCUT2D eigenvalue weighted by Gasteiger charge is 2.23. The summed E-state index contributed by atoms with van der Waals surface area (Å²) >= 11 is 0. The molecular formula is C30H33N3O. The van der Waals surface area contributed by atoms with Gasteiger partial charge in [0, 0.05) is 36.6 Å². The van der Waals surface area contributed by atoms with Crippen LogP contribution in [0.2, 0.25) is 0 Å². The van der Waals surface area contributed by atoms with Crippen LogP contribution in [0.15, 0.2) is 72.9 Å². The average molecular weight is 452 g/mol. The zero-order valence-corrected chi connectivity index (χ0v) is 20.0. The van der Waals surface area contributed by atoms with Crippen molar-refractivity contribution in [1.29, 1.82) is 0 Å². The number of H-pyrrole nitrogens is 1. The number of aromatic nitrogens is 2. The van der Waals surface area contributed by atoms with Crippen molar-refractivity contribution in [2.24, 2.45) is 5.92 Å². The van der Waals surface area contributed by atoms with Crippen LogP contribution in [0, 0.1) is 12.8 Å². The highest BCUT2D eigenvalue weighted by molar-refractivity contribution is 5.90. The number of nitrogens with zero attached hydrogens (tertiary/aromatic N) is 2. The van der Waals surface area contributed by atoms with Crippen LogP contribution in [0.25, 0.3) is 22.3 Å². The SMILES string of the molecule is Cc1ccc2[nH]c(-c3ccccn3)c(CCCC(=O)N3CCC(Cc4ccccc4)CC3)c2c1. The molecule has 1 saturated heterocycles. The van der Waals surface area contributed by atoms with Gasteiger partial charge < -0.3 is 9.88 Å². The van der Waals surface area contributed by atoms with Crippen LogP contribution in [0.4, 0.5) is 0 Å². The molecule has 0 saturated carbocycles. The van der Waals surface area contributed by atoms with E-state index >= 15 is 0 Å². The zero-order chi connectivity index (χ0) is 23.3. The maximum atomic E-state index is 13.0. The molecule has 174 valence electrons. The van der Waals surface area contributed by atoms with Crippen LogP contribution in [-0.4, -0.2) is 33.9 Å². The Labute approximate surface area is 202 Å². The third-order valence-electron chi connectivity index (χ3n) is 7.13. The molecule has 0 bridgehead atoms. The Morgan fingerprint density at radius 1 is 1.03 bits per heavy atom. The number of pyridine rings is 1. The molecule has 1 aliphatic rings. The summed E-state index contributed by atoms with van der Waals surface area (Å²) in [6, 6.07) is 23.3. The lowest BCUT2D eigenvalue weighted by atomic mass is 9.90. The van der Waals surface area contributed by atoms with Crippen LogP contribution in [-0.2, 0) is 17.6 Å². The van der Waals surface area contributed by atoms with E-state index in [1.54, 1.807) is 0 Å². The van der Waals surface area contributed by atoms with E-state index in [9.17, 15) is 4.79 Å². The molecule has 1 aliphatic heterocycles. The van der Waals surface area contributed by atoms with Crippen molar-refractivity contribution in [3.8, 4) is 11.4 Å². The number of nitrogens with one attached hydrogen (secondary N) is 1. The van der Waals surface area contributed by atoms with Gasteiger partial charge in [0.25, 0.3) is 0 Å². The van der Waals surface area contributed by atoms with Crippen LogP contribution in [0.1, 0.15) is 42.4 Å². The van der Waals surface area contributed by atoms with Gasteiger partial charge in [-0.1, -0.05) is 48.0 Å². The molecule has 4 heteroatoms. The lowest BCUT2D eigenvalue weighted by molar-refractivity contribution is -0.132. The second-order valence-electron chi connectivity index (χ2n) is 9.61. The minimum absolute atomic E-state index is 0.300. The summed E-state index contributed by atoms with van der Waals surface area (Å²) in [5.74, 6) is 0.982. The number of amides is 1. The smallest absolute Gasteiger partial charge is 0.222 e. The summed E-state index contributed by atoms with van der Waals surface area (Å²) in [5, 5.41) is 1.25. The number of aromatic amines is 1. The van der Waals surface area contributed by atoms with Gasteiger partial charge in [-0.05, 0) is 80.3 Å². The summed E-state index contributed by atoms with van der Waals surface area (Å²) in [5.41, 5.74) is 7.09. The summed E-state index contributed by atoms with van der Waals surface area (Å²) < 4.78 is 0. The number of carbonyl (C=O) groups excluding carboxylic acids is 1. The monoisotopic (exact) mass is 451 g/mol. The number of benzene rings is 2. The quantitative estimate of drug-likeness (QED) is 0.356. The molecule has 2 aromatic heterocycles. The molecule has 2 aromatic carbocycles. The predicted octanol–water partition coefficient (Wildman–Crippen LogP) is 6.34. The maximum absolute atomic E-state index is 13.0. The molecule has 0 spiro atoms. The second-order valence-corrected chi connectivity index (χ2v) is 9.61. The van der Waals surface area contributed by atoms with E-state index in [1.165, 1.54) is 22.1 Å². The number of hydrogen-bond acceptors (Lipinski definition) is 2. The molecular weight excluding hydrogens is 418 g/mol. The molecule has 0 radical (unpaired) electrons. The number of piperidine rings is 1. The van der Waals surface area contributed by atoms with Gasteiger partial charge in [-0.2, -0.15) is 0 Å². The van der Waals surface area contributed by atoms with Crippen molar-refractivity contribution in [3.63, 3.8) is 0 Å². The van der Waals surface area contributed by atoms with E-state index < -0.39 is 0 Å². The van der Waals surface area contributed by atoms with Crippen molar-refractivity contribution in [2.75, 3.05) is 13.1 Å². The molecule has 5 rings (SSSR count). The van der Waals surface area contributed by atoms with E-state index in [0.717, 1.165) is 62.1 Å². The van der Waals surface area contributed by atoms with Crippen molar-refractivity contribution < 1.29 is 4.79 Å². The highest BCUT2D eigenvalue weighted by atomic mass is 16.2. The summed E-state index contributed by atoms with van der Waals surface area (Å²) in [6.45, 7) is 3.91. The predicted molar refractivity (Wildman–Crippen MR) is 139 cm³/mol. The van der Waals surface area contributed by atoms with E-state index in [4.69, 9.17) is 0 Å². The second kappa shape index (κ2) is 10.3. The molecule has 1 amide bonds. The third kappa shape index (κ3) is 5.06. The first-order chi connectivity index (χ1) is 16.7. The first kappa shape index (κ1) is 22.4. The topological polar surface area (TPSA) is 49.0 Å². The van der Waals surface area contributed by atoms with E-state index in [2.05, 4.69) is 70.3 Å². The Kier molecular flexibility index (Phi) is 6.75. The van der Waals surface area contributed by atoms with Crippen molar-refractivity contribution in [3.05, 3.63) is 89.6 Å². The van der Waals surface area contributed by atoms with E-state index in [1.807, 2.05) is 24.4 Å². The number of likely N-dealkylation sites (tertiary alicyclic amines) is 1. The Morgan fingerprint density at radius 3 is 2.59 bits per heavy atom. The summed E-state index contributed by atoms with van der Waals surface area (Å²) in [7, 11) is 0.